The number of nitrogens with zero attached hydrogens (tertiary/aromatic N) is 5. The van der Waals surface area contributed by atoms with Gasteiger partial charge < -0.3 is 10.6 Å². The van der Waals surface area contributed by atoms with Crippen LogP contribution >= 0.6 is 0 Å². The van der Waals surface area contributed by atoms with Crippen LogP contribution in [0.5, 0.6) is 0 Å². The minimum atomic E-state index is 0.500. The second kappa shape index (κ2) is 5.66. The maximum atomic E-state index is 5.68. The van der Waals surface area contributed by atoms with Crippen molar-refractivity contribution in [2.24, 2.45) is 7.05 Å². The number of aryl methyl sites for hydroxylation is 1. The van der Waals surface area contributed by atoms with Gasteiger partial charge in [0.05, 0.1) is 6.04 Å². The molecule has 0 radical (unpaired) electrons. The summed E-state index contributed by atoms with van der Waals surface area (Å²) in [4.78, 5) is 2.52. The number of hydrogen-bond acceptors (Lipinski definition) is 4. The Hall–Kier alpha value is -1.82. The van der Waals surface area contributed by atoms with E-state index in [-0.39, 0.29) is 0 Å². The van der Waals surface area contributed by atoms with Gasteiger partial charge in [0.1, 0.15) is 5.82 Å². The molecule has 0 unspecified atom stereocenters. The standard InChI is InChI=1S/C14H22N6/c1-18-12(2-7-16-18)3-8-19-9-4-13(5-10-19)20-11-6-14(15)17-20/h2,6-7,11,13H,3-5,8-10H2,1H3,(H2,15,17). The first-order valence-corrected chi connectivity index (χ1v) is 7.22. The van der Waals surface area contributed by atoms with Crippen LogP contribution in [0.15, 0.2) is 24.5 Å². The second-order valence-corrected chi connectivity index (χ2v) is 5.49. The summed E-state index contributed by atoms with van der Waals surface area (Å²) in [6.45, 7) is 3.36. The van der Waals surface area contributed by atoms with Gasteiger partial charge >= 0.3 is 0 Å². The van der Waals surface area contributed by atoms with Gasteiger partial charge in [-0.2, -0.15) is 10.2 Å². The molecule has 2 aromatic heterocycles. The van der Waals surface area contributed by atoms with Crippen molar-refractivity contribution < 1.29 is 0 Å². The van der Waals surface area contributed by atoms with E-state index in [1.54, 1.807) is 0 Å². The minimum absolute atomic E-state index is 0.500. The molecule has 0 aromatic carbocycles. The lowest BCUT2D eigenvalue weighted by Crippen LogP contribution is -2.36. The summed E-state index contributed by atoms with van der Waals surface area (Å²) in [6, 6.07) is 4.47. The maximum absolute atomic E-state index is 5.68. The Labute approximate surface area is 119 Å². The van der Waals surface area contributed by atoms with E-state index in [4.69, 9.17) is 5.73 Å². The molecule has 1 aliphatic heterocycles. The first kappa shape index (κ1) is 13.2. The predicted octanol–water partition coefficient (Wildman–Crippen LogP) is 1.08. The van der Waals surface area contributed by atoms with E-state index in [0.29, 0.717) is 11.9 Å². The third-order valence-electron chi connectivity index (χ3n) is 4.17. The minimum Gasteiger partial charge on any atom is -0.382 e. The molecule has 1 saturated heterocycles. The molecule has 0 aliphatic carbocycles. The number of hydrogen-bond donors (Lipinski definition) is 1. The molecule has 0 bridgehead atoms. The third kappa shape index (κ3) is 2.85. The Bertz CT molecular complexity index is 550. The van der Waals surface area contributed by atoms with Gasteiger partial charge in [-0.15, -0.1) is 0 Å². The molecule has 2 N–H and O–H groups in total. The number of aromatic nitrogens is 4. The lowest BCUT2D eigenvalue weighted by molar-refractivity contribution is 0.181. The zero-order chi connectivity index (χ0) is 13.9. The highest BCUT2D eigenvalue weighted by atomic mass is 15.3. The highest BCUT2D eigenvalue weighted by molar-refractivity contribution is 5.24. The molecular weight excluding hydrogens is 252 g/mol. The summed E-state index contributed by atoms with van der Waals surface area (Å²) < 4.78 is 3.98. The van der Waals surface area contributed by atoms with E-state index in [9.17, 15) is 0 Å². The van der Waals surface area contributed by atoms with Gasteiger partial charge in [-0.1, -0.05) is 0 Å². The number of likely N-dealkylation sites (tertiary alicyclic amines) is 1. The van der Waals surface area contributed by atoms with E-state index in [0.717, 1.165) is 38.9 Å². The fourth-order valence-electron chi connectivity index (χ4n) is 2.88. The monoisotopic (exact) mass is 274 g/mol. The molecule has 108 valence electrons. The SMILES string of the molecule is Cn1nccc1CCN1CCC(n2ccc(N)n2)CC1. The molecule has 6 nitrogen and oxygen atoms in total. The number of rotatable bonds is 4. The van der Waals surface area contributed by atoms with Crippen molar-refractivity contribution in [1.82, 2.24) is 24.5 Å². The van der Waals surface area contributed by atoms with Gasteiger partial charge in [-0.05, 0) is 25.0 Å². The van der Waals surface area contributed by atoms with E-state index >= 15 is 0 Å². The van der Waals surface area contributed by atoms with Crippen LogP contribution < -0.4 is 5.73 Å². The molecule has 20 heavy (non-hydrogen) atoms. The normalized spacial score (nSPS) is 17.6. The Kier molecular flexibility index (Phi) is 3.73. The zero-order valence-corrected chi connectivity index (χ0v) is 11.9. The fraction of sp³-hybridized carbons (Fsp3) is 0.571. The highest BCUT2D eigenvalue weighted by Crippen LogP contribution is 2.22. The molecule has 0 saturated carbocycles. The quantitative estimate of drug-likeness (QED) is 0.906. The first-order valence-electron chi connectivity index (χ1n) is 7.22. The van der Waals surface area contributed by atoms with Crippen molar-refractivity contribution in [3.05, 3.63) is 30.2 Å². The summed E-state index contributed by atoms with van der Waals surface area (Å²) >= 11 is 0. The number of nitrogen functional groups attached to an aromatic ring is 1. The van der Waals surface area contributed by atoms with Crippen molar-refractivity contribution in [1.29, 1.82) is 0 Å². The third-order valence-corrected chi connectivity index (χ3v) is 4.17. The highest BCUT2D eigenvalue weighted by Gasteiger charge is 2.20. The summed E-state index contributed by atoms with van der Waals surface area (Å²) in [5.74, 6) is 0.614. The predicted molar refractivity (Wildman–Crippen MR) is 78.3 cm³/mol. The Balaban J connectivity index is 1.48. The average molecular weight is 274 g/mol. The van der Waals surface area contributed by atoms with Crippen molar-refractivity contribution in [3.8, 4) is 0 Å². The molecule has 0 spiro atoms. The molecule has 2 aromatic rings. The smallest absolute Gasteiger partial charge is 0.145 e. The summed E-state index contributed by atoms with van der Waals surface area (Å²) in [6.07, 6.45) is 7.21. The van der Waals surface area contributed by atoms with Crippen molar-refractivity contribution in [2.45, 2.75) is 25.3 Å². The van der Waals surface area contributed by atoms with Gasteiger partial charge in [0, 0.05) is 51.2 Å². The Morgan fingerprint density at radius 1 is 1.30 bits per heavy atom. The van der Waals surface area contributed by atoms with E-state index in [1.807, 2.05) is 34.9 Å². The van der Waals surface area contributed by atoms with Crippen LogP contribution in [0.4, 0.5) is 5.82 Å². The number of nitrogens with two attached hydrogens (primary N) is 1. The number of anilines is 1. The molecule has 6 heteroatoms. The van der Waals surface area contributed by atoms with Crippen LogP contribution in [0.25, 0.3) is 0 Å². The van der Waals surface area contributed by atoms with Crippen LogP contribution in [-0.2, 0) is 13.5 Å². The van der Waals surface area contributed by atoms with Crippen LogP contribution in [-0.4, -0.2) is 44.1 Å². The van der Waals surface area contributed by atoms with E-state index in [2.05, 4.69) is 21.2 Å². The van der Waals surface area contributed by atoms with E-state index in [1.165, 1.54) is 5.69 Å². The van der Waals surface area contributed by atoms with Crippen LogP contribution in [0.2, 0.25) is 0 Å². The van der Waals surface area contributed by atoms with Gasteiger partial charge in [0.2, 0.25) is 0 Å². The molecule has 0 amide bonds. The van der Waals surface area contributed by atoms with Crippen molar-refractivity contribution in [3.63, 3.8) is 0 Å². The molecule has 3 heterocycles. The molecule has 3 rings (SSSR count). The molecule has 1 aliphatic rings. The lowest BCUT2D eigenvalue weighted by Gasteiger charge is -2.32. The summed E-state index contributed by atoms with van der Waals surface area (Å²) in [7, 11) is 2.00. The summed E-state index contributed by atoms with van der Waals surface area (Å²) in [5, 5.41) is 8.53. The first-order chi connectivity index (χ1) is 9.72. The molecule has 1 fully saturated rings. The van der Waals surface area contributed by atoms with Gasteiger partial charge in [-0.3, -0.25) is 9.36 Å². The largest absolute Gasteiger partial charge is 0.382 e. The van der Waals surface area contributed by atoms with Gasteiger partial charge in [0.15, 0.2) is 0 Å². The Morgan fingerprint density at radius 3 is 2.70 bits per heavy atom. The summed E-state index contributed by atoms with van der Waals surface area (Å²) in [5.41, 5.74) is 6.98. The molecule has 0 atom stereocenters. The molecular formula is C14H22N6. The topological polar surface area (TPSA) is 64.9 Å². The van der Waals surface area contributed by atoms with Gasteiger partial charge in [0.25, 0.3) is 0 Å². The van der Waals surface area contributed by atoms with Crippen molar-refractivity contribution in [2.75, 3.05) is 25.4 Å². The maximum Gasteiger partial charge on any atom is 0.145 e. The lowest BCUT2D eigenvalue weighted by atomic mass is 10.1. The van der Waals surface area contributed by atoms with Crippen LogP contribution in [0.1, 0.15) is 24.6 Å². The number of piperidine rings is 1. The van der Waals surface area contributed by atoms with E-state index < -0.39 is 0 Å². The average Bonchev–Trinajstić information content (AvgIpc) is 3.06. The van der Waals surface area contributed by atoms with Gasteiger partial charge in [-0.25, -0.2) is 0 Å². The van der Waals surface area contributed by atoms with Crippen LogP contribution in [0.3, 0.4) is 0 Å². The van der Waals surface area contributed by atoms with Crippen LogP contribution in [0, 0.1) is 0 Å². The van der Waals surface area contributed by atoms with Crippen molar-refractivity contribution >= 4 is 5.82 Å². The fourth-order valence-corrected chi connectivity index (χ4v) is 2.88. The Morgan fingerprint density at radius 2 is 2.10 bits per heavy atom. The zero-order valence-electron chi connectivity index (χ0n) is 11.9. The second-order valence-electron chi connectivity index (χ2n) is 5.49.